The Balaban J connectivity index is 2.23. The van der Waals surface area contributed by atoms with Gasteiger partial charge < -0.3 is 4.74 Å². The van der Waals surface area contributed by atoms with Crippen LogP contribution in [0, 0.1) is 6.92 Å². The van der Waals surface area contributed by atoms with Crippen LogP contribution in [0.5, 0.6) is 5.75 Å². The van der Waals surface area contributed by atoms with Crippen molar-refractivity contribution in [2.75, 3.05) is 6.61 Å². The van der Waals surface area contributed by atoms with Crippen molar-refractivity contribution in [3.63, 3.8) is 0 Å². The molecule has 0 saturated carbocycles. The van der Waals surface area contributed by atoms with Gasteiger partial charge in [0.1, 0.15) is 5.75 Å². The maximum absolute atomic E-state index is 11.0. The molecule has 1 aromatic rings. The van der Waals surface area contributed by atoms with Gasteiger partial charge in [0, 0.05) is 0 Å². The molecule has 0 fully saturated rings. The Morgan fingerprint density at radius 2 is 1.59 bits per heavy atom. The normalized spacial score (nSPS) is 11.6. The molecule has 0 radical (unpaired) electrons. The van der Waals surface area contributed by atoms with E-state index in [0.29, 0.717) is 12.4 Å². The maximum atomic E-state index is 11.0. The first-order chi connectivity index (χ1) is 10.4. The van der Waals surface area contributed by atoms with Gasteiger partial charge in [0.25, 0.3) is 10.1 Å². The Morgan fingerprint density at radius 1 is 1.00 bits per heavy atom. The second-order valence-corrected chi connectivity index (χ2v) is 7.15. The van der Waals surface area contributed by atoms with Gasteiger partial charge >= 0.3 is 0 Å². The van der Waals surface area contributed by atoms with E-state index in [-0.39, 0.29) is 4.90 Å². The lowest BCUT2D eigenvalue weighted by atomic mass is 10.1. The maximum Gasteiger partial charge on any atom is 0.294 e. The van der Waals surface area contributed by atoms with E-state index in [2.05, 4.69) is 6.92 Å². The summed E-state index contributed by atoms with van der Waals surface area (Å²) in [7, 11) is -4.14. The smallest absolute Gasteiger partial charge is 0.294 e. The van der Waals surface area contributed by atoms with Gasteiger partial charge in [-0.1, -0.05) is 51.9 Å². The number of hydrogen-bond donors (Lipinski definition) is 1. The second kappa shape index (κ2) is 9.85. The summed E-state index contributed by atoms with van der Waals surface area (Å²) in [6.07, 6.45) is 9.99. The Morgan fingerprint density at radius 3 is 2.14 bits per heavy atom. The molecule has 0 aliphatic carbocycles. The summed E-state index contributed by atoms with van der Waals surface area (Å²) in [5.74, 6) is 0.676. The first-order valence-corrected chi connectivity index (χ1v) is 9.60. The average molecular weight is 328 g/mol. The molecule has 22 heavy (non-hydrogen) atoms. The van der Waals surface area contributed by atoms with E-state index in [1.54, 1.807) is 13.0 Å². The first-order valence-electron chi connectivity index (χ1n) is 8.16. The summed E-state index contributed by atoms with van der Waals surface area (Å²) in [4.78, 5) is -0.0931. The summed E-state index contributed by atoms with van der Waals surface area (Å²) in [6.45, 7) is 4.64. The molecule has 0 atom stereocenters. The largest absolute Gasteiger partial charge is 0.493 e. The molecule has 1 N–H and O–H groups in total. The van der Waals surface area contributed by atoms with Crippen LogP contribution in [-0.2, 0) is 10.1 Å². The molecule has 0 aliphatic rings. The van der Waals surface area contributed by atoms with E-state index < -0.39 is 10.1 Å². The Labute approximate surface area is 134 Å². The van der Waals surface area contributed by atoms with Gasteiger partial charge in [-0.05, 0) is 37.1 Å². The van der Waals surface area contributed by atoms with Crippen molar-refractivity contribution in [2.24, 2.45) is 0 Å². The number of unbranched alkanes of at least 4 members (excludes halogenated alkanes) is 7. The van der Waals surface area contributed by atoms with Crippen LogP contribution in [0.1, 0.15) is 63.9 Å². The molecule has 0 saturated heterocycles. The van der Waals surface area contributed by atoms with Crippen LogP contribution in [0.2, 0.25) is 0 Å². The number of hydrogen-bond acceptors (Lipinski definition) is 3. The molecule has 0 spiro atoms. The van der Waals surface area contributed by atoms with Gasteiger partial charge in [0.05, 0.1) is 11.5 Å². The molecule has 0 bridgehead atoms. The van der Waals surface area contributed by atoms with Crippen molar-refractivity contribution in [3.8, 4) is 5.75 Å². The molecule has 1 aromatic carbocycles. The SMILES string of the molecule is CCCCCCCCCCOc1ccc(S(=O)(=O)O)cc1C. The third-order valence-corrected chi connectivity index (χ3v) is 4.55. The van der Waals surface area contributed by atoms with E-state index in [4.69, 9.17) is 9.29 Å². The topological polar surface area (TPSA) is 63.6 Å². The Kier molecular flexibility index (Phi) is 8.49. The van der Waals surface area contributed by atoms with Gasteiger partial charge in [-0.25, -0.2) is 0 Å². The minimum absolute atomic E-state index is 0.0931. The fourth-order valence-corrected chi connectivity index (χ4v) is 2.93. The lowest BCUT2D eigenvalue weighted by Gasteiger charge is -2.10. The van der Waals surface area contributed by atoms with Crippen LogP contribution in [0.4, 0.5) is 0 Å². The van der Waals surface area contributed by atoms with Crippen LogP contribution in [-0.4, -0.2) is 19.6 Å². The molecule has 0 amide bonds. The highest BCUT2D eigenvalue weighted by Gasteiger charge is 2.11. The standard InChI is InChI=1S/C17H28O4S/c1-3-4-5-6-7-8-9-10-13-21-17-12-11-16(14-15(17)2)22(18,19)20/h11-12,14H,3-10,13H2,1-2H3,(H,18,19,20). The van der Waals surface area contributed by atoms with E-state index >= 15 is 0 Å². The molecule has 4 nitrogen and oxygen atoms in total. The van der Waals surface area contributed by atoms with E-state index in [1.165, 1.54) is 50.7 Å². The van der Waals surface area contributed by atoms with Crippen LogP contribution >= 0.6 is 0 Å². The van der Waals surface area contributed by atoms with Crippen LogP contribution in [0.25, 0.3) is 0 Å². The van der Waals surface area contributed by atoms with Gasteiger partial charge in [0.2, 0.25) is 0 Å². The highest BCUT2D eigenvalue weighted by atomic mass is 32.2. The Bertz CT molecular complexity index is 538. The van der Waals surface area contributed by atoms with Crippen LogP contribution in [0.3, 0.4) is 0 Å². The highest BCUT2D eigenvalue weighted by molar-refractivity contribution is 7.85. The van der Waals surface area contributed by atoms with E-state index in [1.807, 2.05) is 0 Å². The van der Waals surface area contributed by atoms with Crippen molar-refractivity contribution in [3.05, 3.63) is 23.8 Å². The summed E-state index contributed by atoms with van der Waals surface area (Å²) in [5, 5.41) is 0. The van der Waals surface area contributed by atoms with Crippen molar-refractivity contribution < 1.29 is 17.7 Å². The van der Waals surface area contributed by atoms with Crippen molar-refractivity contribution in [2.45, 2.75) is 70.1 Å². The summed E-state index contributed by atoms with van der Waals surface area (Å²) >= 11 is 0. The zero-order chi connectivity index (χ0) is 16.4. The third kappa shape index (κ3) is 7.27. The predicted molar refractivity (Wildman–Crippen MR) is 89.1 cm³/mol. The average Bonchev–Trinajstić information content (AvgIpc) is 2.46. The zero-order valence-corrected chi connectivity index (χ0v) is 14.5. The number of ether oxygens (including phenoxy) is 1. The van der Waals surface area contributed by atoms with E-state index in [0.717, 1.165) is 18.4 Å². The first kappa shape index (κ1) is 19.0. The van der Waals surface area contributed by atoms with Crippen LogP contribution < -0.4 is 4.74 Å². The van der Waals surface area contributed by atoms with Crippen LogP contribution in [0.15, 0.2) is 23.1 Å². The quantitative estimate of drug-likeness (QED) is 0.470. The summed E-state index contributed by atoms with van der Waals surface area (Å²) in [5.41, 5.74) is 0.717. The summed E-state index contributed by atoms with van der Waals surface area (Å²) in [6, 6.07) is 4.40. The lowest BCUT2D eigenvalue weighted by Crippen LogP contribution is -2.02. The molecule has 126 valence electrons. The molecule has 1 rings (SSSR count). The predicted octanol–water partition coefficient (Wildman–Crippen LogP) is 4.76. The fourth-order valence-electron chi connectivity index (χ4n) is 2.36. The molecule has 0 heterocycles. The van der Waals surface area contributed by atoms with Gasteiger partial charge in [-0.2, -0.15) is 8.42 Å². The van der Waals surface area contributed by atoms with Gasteiger partial charge in [0.15, 0.2) is 0 Å². The molecular weight excluding hydrogens is 300 g/mol. The monoisotopic (exact) mass is 328 g/mol. The highest BCUT2D eigenvalue weighted by Crippen LogP contribution is 2.22. The summed E-state index contributed by atoms with van der Waals surface area (Å²) < 4.78 is 36.7. The van der Waals surface area contributed by atoms with E-state index in [9.17, 15) is 8.42 Å². The zero-order valence-electron chi connectivity index (χ0n) is 13.7. The van der Waals surface area contributed by atoms with Crippen molar-refractivity contribution in [1.82, 2.24) is 0 Å². The van der Waals surface area contributed by atoms with Crippen molar-refractivity contribution in [1.29, 1.82) is 0 Å². The lowest BCUT2D eigenvalue weighted by molar-refractivity contribution is 0.302. The molecule has 0 aliphatic heterocycles. The molecular formula is C17H28O4S. The molecule has 0 unspecified atom stereocenters. The Hall–Kier alpha value is -1.07. The minimum atomic E-state index is -4.14. The number of benzene rings is 1. The molecule has 0 aromatic heterocycles. The minimum Gasteiger partial charge on any atom is -0.493 e. The number of aryl methyl sites for hydroxylation is 1. The fraction of sp³-hybridized carbons (Fsp3) is 0.647. The third-order valence-electron chi connectivity index (χ3n) is 3.70. The van der Waals surface area contributed by atoms with Crippen molar-refractivity contribution >= 4 is 10.1 Å². The van der Waals surface area contributed by atoms with Gasteiger partial charge in [-0.15, -0.1) is 0 Å². The molecule has 5 heteroatoms. The van der Waals surface area contributed by atoms with Gasteiger partial charge in [-0.3, -0.25) is 4.55 Å². The number of rotatable bonds is 11. The second-order valence-electron chi connectivity index (χ2n) is 5.73.